The topological polar surface area (TPSA) is 62.8 Å². The van der Waals surface area contributed by atoms with E-state index in [0.29, 0.717) is 22.3 Å². The average molecular weight is 348 g/mol. The molecule has 8 heteroatoms. The van der Waals surface area contributed by atoms with Gasteiger partial charge in [0.05, 0.1) is 18.2 Å². The standard InChI is InChI=1S/C14H19Cl2N3O3/c15-11-1-2-13(12(16)9-11)22-10-18-14(20)17-3-4-19-5-7-21-8-6-19/h1-2,9H,3-8,10H2,(H2,17,18,20). The summed E-state index contributed by atoms with van der Waals surface area (Å²) < 4.78 is 10.6. The minimum absolute atomic E-state index is 0.0325. The van der Waals surface area contributed by atoms with Gasteiger partial charge in [-0.25, -0.2) is 4.79 Å². The number of nitrogens with zero attached hydrogens (tertiary/aromatic N) is 1. The Balaban J connectivity index is 1.59. The summed E-state index contributed by atoms with van der Waals surface area (Å²) in [5.74, 6) is 0.472. The number of urea groups is 1. The van der Waals surface area contributed by atoms with Gasteiger partial charge in [0.15, 0.2) is 6.73 Å². The summed E-state index contributed by atoms with van der Waals surface area (Å²) >= 11 is 11.8. The van der Waals surface area contributed by atoms with Crippen LogP contribution in [0.2, 0.25) is 10.0 Å². The number of halogens is 2. The molecule has 1 heterocycles. The smallest absolute Gasteiger partial charge is 0.317 e. The van der Waals surface area contributed by atoms with Gasteiger partial charge in [-0.3, -0.25) is 4.90 Å². The third-order valence-electron chi connectivity index (χ3n) is 3.17. The molecular formula is C14H19Cl2N3O3. The predicted octanol–water partition coefficient (Wildman–Crippen LogP) is 1.96. The number of nitrogens with one attached hydrogen (secondary N) is 2. The Morgan fingerprint density at radius 3 is 2.77 bits per heavy atom. The Hall–Kier alpha value is -1.21. The van der Waals surface area contributed by atoms with Crippen molar-refractivity contribution in [3.8, 4) is 5.75 Å². The van der Waals surface area contributed by atoms with E-state index in [9.17, 15) is 4.79 Å². The van der Waals surface area contributed by atoms with Gasteiger partial charge in [-0.05, 0) is 18.2 Å². The Morgan fingerprint density at radius 2 is 2.05 bits per heavy atom. The largest absolute Gasteiger partial charge is 0.472 e. The third kappa shape index (κ3) is 5.88. The second-order valence-corrected chi connectivity index (χ2v) is 5.59. The lowest BCUT2D eigenvalue weighted by Gasteiger charge is -2.26. The lowest BCUT2D eigenvalue weighted by molar-refractivity contribution is 0.0387. The summed E-state index contributed by atoms with van der Waals surface area (Å²) in [5, 5.41) is 6.32. The van der Waals surface area contributed by atoms with E-state index >= 15 is 0 Å². The highest BCUT2D eigenvalue weighted by Gasteiger charge is 2.10. The minimum Gasteiger partial charge on any atom is -0.472 e. The molecule has 2 N–H and O–H groups in total. The zero-order chi connectivity index (χ0) is 15.8. The maximum absolute atomic E-state index is 11.6. The molecule has 0 radical (unpaired) electrons. The molecule has 22 heavy (non-hydrogen) atoms. The van der Waals surface area contributed by atoms with Crippen LogP contribution < -0.4 is 15.4 Å². The van der Waals surface area contributed by atoms with E-state index in [2.05, 4.69) is 15.5 Å². The van der Waals surface area contributed by atoms with Gasteiger partial charge in [-0.2, -0.15) is 0 Å². The van der Waals surface area contributed by atoms with Crippen LogP contribution in [-0.4, -0.2) is 57.1 Å². The zero-order valence-corrected chi connectivity index (χ0v) is 13.6. The van der Waals surface area contributed by atoms with E-state index in [0.717, 1.165) is 32.8 Å². The highest BCUT2D eigenvalue weighted by molar-refractivity contribution is 6.35. The quantitative estimate of drug-likeness (QED) is 0.772. The number of amides is 2. The number of morpholine rings is 1. The number of rotatable bonds is 6. The van der Waals surface area contributed by atoms with Crippen LogP contribution in [0.3, 0.4) is 0 Å². The van der Waals surface area contributed by atoms with E-state index in [1.165, 1.54) is 0 Å². The van der Waals surface area contributed by atoms with Crippen LogP contribution >= 0.6 is 23.2 Å². The molecule has 0 spiro atoms. The summed E-state index contributed by atoms with van der Waals surface area (Å²) in [4.78, 5) is 13.9. The van der Waals surface area contributed by atoms with Crippen molar-refractivity contribution < 1.29 is 14.3 Å². The van der Waals surface area contributed by atoms with E-state index in [4.69, 9.17) is 32.7 Å². The van der Waals surface area contributed by atoms with E-state index in [1.807, 2.05) is 0 Å². The molecule has 2 rings (SSSR count). The molecule has 2 amide bonds. The van der Waals surface area contributed by atoms with Crippen molar-refractivity contribution >= 4 is 29.2 Å². The van der Waals surface area contributed by atoms with Gasteiger partial charge >= 0.3 is 6.03 Å². The van der Waals surface area contributed by atoms with Crippen LogP contribution in [0.4, 0.5) is 4.79 Å². The van der Waals surface area contributed by atoms with Crippen LogP contribution in [0.25, 0.3) is 0 Å². The number of benzene rings is 1. The highest BCUT2D eigenvalue weighted by atomic mass is 35.5. The first-order chi connectivity index (χ1) is 10.6. The van der Waals surface area contributed by atoms with Crippen molar-refractivity contribution in [3.63, 3.8) is 0 Å². The summed E-state index contributed by atoms with van der Waals surface area (Å²) in [6.45, 7) is 4.73. The van der Waals surface area contributed by atoms with E-state index < -0.39 is 0 Å². The van der Waals surface area contributed by atoms with Crippen molar-refractivity contribution in [2.75, 3.05) is 46.1 Å². The van der Waals surface area contributed by atoms with Crippen molar-refractivity contribution in [1.82, 2.24) is 15.5 Å². The second-order valence-electron chi connectivity index (χ2n) is 4.75. The Labute approximate surface area is 139 Å². The van der Waals surface area contributed by atoms with Gasteiger partial charge in [0.25, 0.3) is 0 Å². The van der Waals surface area contributed by atoms with Crippen LogP contribution in [0, 0.1) is 0 Å². The van der Waals surface area contributed by atoms with Crippen molar-refractivity contribution in [2.45, 2.75) is 0 Å². The second kappa shape index (κ2) is 9.05. The van der Waals surface area contributed by atoms with Crippen LogP contribution in [0.5, 0.6) is 5.75 Å². The van der Waals surface area contributed by atoms with Gasteiger partial charge in [0.1, 0.15) is 5.75 Å². The molecule has 1 saturated heterocycles. The molecule has 6 nitrogen and oxygen atoms in total. The number of carbonyl (C=O) groups excluding carboxylic acids is 1. The van der Waals surface area contributed by atoms with Gasteiger partial charge in [-0.1, -0.05) is 23.2 Å². The molecular weight excluding hydrogens is 329 g/mol. The first-order valence-corrected chi connectivity index (χ1v) is 7.80. The molecule has 1 aliphatic heterocycles. The third-order valence-corrected chi connectivity index (χ3v) is 3.70. The first kappa shape index (κ1) is 17.1. The SMILES string of the molecule is O=C(NCCN1CCOCC1)NCOc1ccc(Cl)cc1Cl. The van der Waals surface area contributed by atoms with E-state index in [-0.39, 0.29) is 12.8 Å². The Morgan fingerprint density at radius 1 is 1.27 bits per heavy atom. The maximum atomic E-state index is 11.6. The Bertz CT molecular complexity index is 496. The molecule has 1 aliphatic rings. The maximum Gasteiger partial charge on any atom is 0.317 e. The molecule has 0 bridgehead atoms. The molecule has 0 atom stereocenters. The molecule has 1 aromatic rings. The fourth-order valence-electron chi connectivity index (χ4n) is 1.99. The summed E-state index contributed by atoms with van der Waals surface area (Å²) in [6.07, 6.45) is 0. The number of hydrogen-bond donors (Lipinski definition) is 2. The Kier molecular flexibility index (Phi) is 7.05. The molecule has 1 aromatic carbocycles. The van der Waals surface area contributed by atoms with Crippen molar-refractivity contribution in [3.05, 3.63) is 28.2 Å². The fraction of sp³-hybridized carbons (Fsp3) is 0.500. The fourth-order valence-corrected chi connectivity index (χ4v) is 2.45. The summed E-state index contributed by atoms with van der Waals surface area (Å²) in [6, 6.07) is 4.63. The van der Waals surface area contributed by atoms with Gasteiger partial charge in [0.2, 0.25) is 0 Å². The first-order valence-electron chi connectivity index (χ1n) is 7.05. The van der Waals surface area contributed by atoms with E-state index in [1.54, 1.807) is 18.2 Å². The molecule has 0 aliphatic carbocycles. The highest BCUT2D eigenvalue weighted by Crippen LogP contribution is 2.27. The lowest BCUT2D eigenvalue weighted by atomic mass is 10.3. The van der Waals surface area contributed by atoms with Crippen LogP contribution in [0.15, 0.2) is 18.2 Å². The number of carbonyl (C=O) groups is 1. The molecule has 0 unspecified atom stereocenters. The molecule has 0 aromatic heterocycles. The monoisotopic (exact) mass is 347 g/mol. The lowest BCUT2D eigenvalue weighted by Crippen LogP contribution is -2.44. The number of ether oxygens (including phenoxy) is 2. The molecule has 1 fully saturated rings. The van der Waals surface area contributed by atoms with Crippen LogP contribution in [0.1, 0.15) is 0 Å². The normalized spacial score (nSPS) is 15.4. The van der Waals surface area contributed by atoms with Crippen LogP contribution in [-0.2, 0) is 4.74 Å². The zero-order valence-electron chi connectivity index (χ0n) is 12.1. The van der Waals surface area contributed by atoms with Gasteiger partial charge in [-0.15, -0.1) is 0 Å². The van der Waals surface area contributed by atoms with Gasteiger partial charge in [0, 0.05) is 31.2 Å². The predicted molar refractivity (Wildman–Crippen MR) is 85.8 cm³/mol. The average Bonchev–Trinajstić information content (AvgIpc) is 2.50. The van der Waals surface area contributed by atoms with Crippen molar-refractivity contribution in [2.24, 2.45) is 0 Å². The summed E-state index contributed by atoms with van der Waals surface area (Å²) in [7, 11) is 0. The number of hydrogen-bond acceptors (Lipinski definition) is 4. The van der Waals surface area contributed by atoms with Gasteiger partial charge < -0.3 is 20.1 Å². The van der Waals surface area contributed by atoms with Crippen molar-refractivity contribution in [1.29, 1.82) is 0 Å². The molecule has 122 valence electrons. The molecule has 0 saturated carbocycles. The minimum atomic E-state index is -0.279. The summed E-state index contributed by atoms with van der Waals surface area (Å²) in [5.41, 5.74) is 0.